The third kappa shape index (κ3) is 6.05. The Kier molecular flexibility index (Phi) is 4.93. The topological polar surface area (TPSA) is 40.5 Å². The van der Waals surface area contributed by atoms with Gasteiger partial charge in [0.05, 0.1) is 11.7 Å². The maximum Gasteiger partial charge on any atom is 0.0591 e. The van der Waals surface area contributed by atoms with Gasteiger partial charge in [-0.25, -0.2) is 0 Å². The summed E-state index contributed by atoms with van der Waals surface area (Å²) in [6, 6.07) is 0. The molecular formula is C11H24O2. The van der Waals surface area contributed by atoms with E-state index in [0.717, 1.165) is 12.8 Å². The first-order valence-electron chi connectivity index (χ1n) is 5.14. The molecule has 13 heavy (non-hydrogen) atoms. The zero-order chi connectivity index (χ0) is 10.6. The largest absolute Gasteiger partial charge is 0.393 e. The van der Waals surface area contributed by atoms with Crippen LogP contribution in [0.5, 0.6) is 0 Å². The van der Waals surface area contributed by atoms with Crippen LogP contribution in [0.4, 0.5) is 0 Å². The number of aliphatic hydroxyl groups is 2. The molecule has 2 nitrogen and oxygen atoms in total. The molecule has 0 spiro atoms. The monoisotopic (exact) mass is 188 g/mol. The Labute approximate surface area is 82.0 Å². The lowest BCUT2D eigenvalue weighted by Crippen LogP contribution is -2.26. The summed E-state index contributed by atoms with van der Waals surface area (Å²) in [6.45, 7) is 9.68. The van der Waals surface area contributed by atoms with Crippen LogP contribution in [0.25, 0.3) is 0 Å². The van der Waals surface area contributed by atoms with Crippen LogP contribution in [0, 0.1) is 11.8 Å². The molecule has 2 unspecified atom stereocenters. The van der Waals surface area contributed by atoms with Gasteiger partial charge < -0.3 is 10.2 Å². The lowest BCUT2D eigenvalue weighted by Gasteiger charge is -2.27. The predicted octanol–water partition coefficient (Wildman–Crippen LogP) is 2.19. The SMILES string of the molecule is CC(C)C(CCC(C)(C)O)C(C)O. The van der Waals surface area contributed by atoms with Crippen LogP contribution in [-0.2, 0) is 0 Å². The standard InChI is InChI=1S/C11H24O2/c1-8(2)10(9(3)12)6-7-11(4,5)13/h8-10,12-13H,6-7H2,1-5H3. The molecule has 0 aromatic rings. The first-order chi connectivity index (χ1) is 5.74. The second-order valence-electron chi connectivity index (χ2n) is 5.00. The molecular weight excluding hydrogens is 164 g/mol. The summed E-state index contributed by atoms with van der Waals surface area (Å²) in [7, 11) is 0. The number of hydrogen-bond donors (Lipinski definition) is 2. The summed E-state index contributed by atoms with van der Waals surface area (Å²) in [5, 5.41) is 19.0. The van der Waals surface area contributed by atoms with Gasteiger partial charge in [-0.3, -0.25) is 0 Å². The maximum atomic E-state index is 9.55. The molecule has 2 atom stereocenters. The van der Waals surface area contributed by atoms with Crippen molar-refractivity contribution >= 4 is 0 Å². The quantitative estimate of drug-likeness (QED) is 0.694. The Morgan fingerprint density at radius 1 is 1.15 bits per heavy atom. The molecule has 2 heteroatoms. The first-order valence-corrected chi connectivity index (χ1v) is 5.14. The van der Waals surface area contributed by atoms with Gasteiger partial charge >= 0.3 is 0 Å². The normalized spacial score (nSPS) is 17.5. The van der Waals surface area contributed by atoms with Gasteiger partial charge in [-0.1, -0.05) is 13.8 Å². The molecule has 0 aliphatic heterocycles. The van der Waals surface area contributed by atoms with E-state index in [2.05, 4.69) is 13.8 Å². The van der Waals surface area contributed by atoms with Crippen molar-refractivity contribution in [2.24, 2.45) is 11.8 Å². The van der Waals surface area contributed by atoms with Crippen molar-refractivity contribution in [3.63, 3.8) is 0 Å². The Hall–Kier alpha value is -0.0800. The van der Waals surface area contributed by atoms with E-state index in [1.165, 1.54) is 0 Å². The molecule has 0 heterocycles. The van der Waals surface area contributed by atoms with Gasteiger partial charge in [0.1, 0.15) is 0 Å². The zero-order valence-electron chi connectivity index (χ0n) is 9.54. The van der Waals surface area contributed by atoms with E-state index in [9.17, 15) is 10.2 Å². The molecule has 0 radical (unpaired) electrons. The predicted molar refractivity (Wildman–Crippen MR) is 55.5 cm³/mol. The smallest absolute Gasteiger partial charge is 0.0591 e. The van der Waals surface area contributed by atoms with Gasteiger partial charge in [0.2, 0.25) is 0 Å². The van der Waals surface area contributed by atoms with Crippen molar-refractivity contribution in [1.29, 1.82) is 0 Å². The number of rotatable bonds is 5. The molecule has 80 valence electrons. The minimum Gasteiger partial charge on any atom is -0.393 e. The summed E-state index contributed by atoms with van der Waals surface area (Å²) < 4.78 is 0. The fourth-order valence-corrected chi connectivity index (χ4v) is 1.65. The van der Waals surface area contributed by atoms with E-state index in [-0.39, 0.29) is 6.10 Å². The van der Waals surface area contributed by atoms with Crippen LogP contribution in [0.15, 0.2) is 0 Å². The number of hydrogen-bond acceptors (Lipinski definition) is 2. The van der Waals surface area contributed by atoms with Crippen molar-refractivity contribution in [2.45, 2.75) is 59.2 Å². The van der Waals surface area contributed by atoms with Crippen LogP contribution in [0.1, 0.15) is 47.5 Å². The van der Waals surface area contributed by atoms with Crippen LogP contribution in [0.2, 0.25) is 0 Å². The summed E-state index contributed by atoms with van der Waals surface area (Å²) in [4.78, 5) is 0. The first kappa shape index (κ1) is 12.9. The maximum absolute atomic E-state index is 9.55. The minimum absolute atomic E-state index is 0.276. The average molecular weight is 188 g/mol. The van der Waals surface area contributed by atoms with E-state index < -0.39 is 5.60 Å². The molecule has 0 saturated carbocycles. The molecule has 2 N–H and O–H groups in total. The Morgan fingerprint density at radius 3 is 1.85 bits per heavy atom. The minimum atomic E-state index is -0.609. The fourth-order valence-electron chi connectivity index (χ4n) is 1.65. The average Bonchev–Trinajstić information content (AvgIpc) is 1.82. The van der Waals surface area contributed by atoms with E-state index >= 15 is 0 Å². The molecule has 0 aromatic heterocycles. The van der Waals surface area contributed by atoms with E-state index in [1.54, 1.807) is 0 Å². The van der Waals surface area contributed by atoms with E-state index in [0.29, 0.717) is 11.8 Å². The van der Waals surface area contributed by atoms with Gasteiger partial charge in [0.25, 0.3) is 0 Å². The third-order valence-corrected chi connectivity index (χ3v) is 2.57. The van der Waals surface area contributed by atoms with E-state index in [1.807, 2.05) is 20.8 Å². The van der Waals surface area contributed by atoms with Gasteiger partial charge in [0, 0.05) is 0 Å². The molecule has 0 aliphatic carbocycles. The molecule has 0 aromatic carbocycles. The summed E-state index contributed by atoms with van der Waals surface area (Å²) in [5.41, 5.74) is -0.609. The Balaban J connectivity index is 3.98. The van der Waals surface area contributed by atoms with Gasteiger partial charge in [0.15, 0.2) is 0 Å². The molecule has 0 saturated heterocycles. The lowest BCUT2D eigenvalue weighted by atomic mass is 9.84. The van der Waals surface area contributed by atoms with E-state index in [4.69, 9.17) is 0 Å². The summed E-state index contributed by atoms with van der Waals surface area (Å²) in [6.07, 6.45) is 1.36. The second-order valence-corrected chi connectivity index (χ2v) is 5.00. The Bertz CT molecular complexity index is 126. The zero-order valence-corrected chi connectivity index (χ0v) is 9.54. The molecule has 0 amide bonds. The van der Waals surface area contributed by atoms with Crippen LogP contribution in [-0.4, -0.2) is 21.9 Å². The van der Waals surface area contributed by atoms with Gasteiger partial charge in [-0.15, -0.1) is 0 Å². The van der Waals surface area contributed by atoms with Crippen molar-refractivity contribution < 1.29 is 10.2 Å². The summed E-state index contributed by atoms with van der Waals surface area (Å²) >= 11 is 0. The molecule has 0 aliphatic rings. The van der Waals surface area contributed by atoms with Crippen molar-refractivity contribution in [1.82, 2.24) is 0 Å². The highest BCUT2D eigenvalue weighted by molar-refractivity contribution is 4.73. The van der Waals surface area contributed by atoms with Gasteiger partial charge in [-0.05, 0) is 45.4 Å². The van der Waals surface area contributed by atoms with Crippen LogP contribution >= 0.6 is 0 Å². The van der Waals surface area contributed by atoms with Crippen LogP contribution < -0.4 is 0 Å². The Morgan fingerprint density at radius 2 is 1.62 bits per heavy atom. The highest BCUT2D eigenvalue weighted by Gasteiger charge is 2.22. The van der Waals surface area contributed by atoms with Crippen molar-refractivity contribution in [3.8, 4) is 0 Å². The third-order valence-electron chi connectivity index (χ3n) is 2.57. The highest BCUT2D eigenvalue weighted by atomic mass is 16.3. The summed E-state index contributed by atoms with van der Waals surface area (Å²) in [5.74, 6) is 0.772. The second kappa shape index (κ2) is 4.97. The lowest BCUT2D eigenvalue weighted by molar-refractivity contribution is 0.0380. The van der Waals surface area contributed by atoms with Crippen molar-refractivity contribution in [3.05, 3.63) is 0 Å². The van der Waals surface area contributed by atoms with Gasteiger partial charge in [-0.2, -0.15) is 0 Å². The molecule has 0 fully saturated rings. The number of aliphatic hydroxyl groups excluding tert-OH is 1. The molecule has 0 bridgehead atoms. The fraction of sp³-hybridized carbons (Fsp3) is 1.00. The molecule has 0 rings (SSSR count). The van der Waals surface area contributed by atoms with Crippen LogP contribution in [0.3, 0.4) is 0 Å². The highest BCUT2D eigenvalue weighted by Crippen LogP contribution is 2.24. The van der Waals surface area contributed by atoms with Crippen molar-refractivity contribution in [2.75, 3.05) is 0 Å².